The minimum Gasteiger partial charge on any atom is -0.302 e. The van der Waals surface area contributed by atoms with Gasteiger partial charge in [0.2, 0.25) is 11.8 Å². The van der Waals surface area contributed by atoms with Crippen LogP contribution in [0.2, 0.25) is 0 Å². The van der Waals surface area contributed by atoms with Crippen LogP contribution < -0.4 is 16.2 Å². The number of nitrogens with one attached hydrogen (secondary N) is 3. The molecule has 0 unspecified atom stereocenters. The topological polar surface area (TPSA) is 70.2 Å². The summed E-state index contributed by atoms with van der Waals surface area (Å²) in [6, 6.07) is 9.75. The number of aryl methyl sites for hydroxylation is 1. The van der Waals surface area contributed by atoms with Crippen molar-refractivity contribution < 1.29 is 9.59 Å². The third-order valence-electron chi connectivity index (χ3n) is 2.98. The molecule has 1 aliphatic carbocycles. The highest BCUT2D eigenvalue weighted by atomic mass is 32.1. The van der Waals surface area contributed by atoms with Crippen LogP contribution in [0.1, 0.15) is 24.8 Å². The molecule has 1 saturated carbocycles. The van der Waals surface area contributed by atoms with Crippen LogP contribution in [-0.2, 0) is 16.0 Å². The van der Waals surface area contributed by atoms with E-state index in [0.29, 0.717) is 12.8 Å². The zero-order chi connectivity index (χ0) is 14.4. The maximum Gasteiger partial charge on any atom is 0.241 e. The van der Waals surface area contributed by atoms with Gasteiger partial charge in [0.15, 0.2) is 5.11 Å². The van der Waals surface area contributed by atoms with Gasteiger partial charge in [-0.15, -0.1) is 0 Å². The van der Waals surface area contributed by atoms with E-state index in [0.717, 1.165) is 18.4 Å². The van der Waals surface area contributed by atoms with E-state index in [2.05, 4.69) is 16.2 Å². The quantitative estimate of drug-likeness (QED) is 0.573. The van der Waals surface area contributed by atoms with Crippen molar-refractivity contribution in [3.8, 4) is 0 Å². The first-order valence-electron chi connectivity index (χ1n) is 6.59. The van der Waals surface area contributed by atoms with Crippen LogP contribution in [0.4, 0.5) is 0 Å². The van der Waals surface area contributed by atoms with E-state index >= 15 is 0 Å². The molecule has 2 amide bonds. The molecule has 20 heavy (non-hydrogen) atoms. The Kier molecular flexibility index (Phi) is 5.06. The minimum absolute atomic E-state index is 0.0779. The van der Waals surface area contributed by atoms with Gasteiger partial charge in [-0.05, 0) is 37.0 Å². The number of hydrazine groups is 1. The monoisotopic (exact) mass is 291 g/mol. The standard InChI is InChI=1S/C14H17N3O2S/c18-12(9-6-10-4-2-1-3-5-10)15-14(20)17-16-13(19)11-7-8-11/h1-5,11H,6-9H2,(H,16,19)(H2,15,17,18,20). The Morgan fingerprint density at radius 1 is 1.15 bits per heavy atom. The van der Waals surface area contributed by atoms with E-state index in [4.69, 9.17) is 12.2 Å². The lowest BCUT2D eigenvalue weighted by Gasteiger charge is -2.10. The molecule has 1 aliphatic rings. The van der Waals surface area contributed by atoms with Gasteiger partial charge in [0, 0.05) is 12.3 Å². The largest absolute Gasteiger partial charge is 0.302 e. The second kappa shape index (κ2) is 7.00. The van der Waals surface area contributed by atoms with Crippen molar-refractivity contribution in [2.75, 3.05) is 0 Å². The normalized spacial score (nSPS) is 13.4. The third-order valence-corrected chi connectivity index (χ3v) is 3.19. The van der Waals surface area contributed by atoms with Crippen LogP contribution in [0.15, 0.2) is 30.3 Å². The van der Waals surface area contributed by atoms with Gasteiger partial charge in [-0.3, -0.25) is 20.4 Å². The summed E-state index contributed by atoms with van der Waals surface area (Å²) in [5.74, 6) is -0.156. The van der Waals surface area contributed by atoms with Crippen LogP contribution in [-0.4, -0.2) is 16.9 Å². The highest BCUT2D eigenvalue weighted by Crippen LogP contribution is 2.28. The summed E-state index contributed by atoms with van der Waals surface area (Å²) in [6.07, 6.45) is 2.85. The average molecular weight is 291 g/mol. The molecular formula is C14H17N3O2S. The molecule has 1 aromatic rings. The Morgan fingerprint density at radius 3 is 2.50 bits per heavy atom. The molecule has 0 heterocycles. The van der Waals surface area contributed by atoms with Crippen molar-refractivity contribution in [3.63, 3.8) is 0 Å². The Hall–Kier alpha value is -1.95. The summed E-state index contributed by atoms with van der Waals surface area (Å²) in [5.41, 5.74) is 6.11. The van der Waals surface area contributed by atoms with Crippen molar-refractivity contribution in [1.29, 1.82) is 0 Å². The van der Waals surface area contributed by atoms with E-state index in [1.165, 1.54) is 0 Å². The van der Waals surface area contributed by atoms with E-state index in [1.807, 2.05) is 30.3 Å². The number of rotatable bonds is 4. The molecule has 3 N–H and O–H groups in total. The molecule has 0 aliphatic heterocycles. The van der Waals surface area contributed by atoms with Gasteiger partial charge in [-0.25, -0.2) is 0 Å². The Bertz CT molecular complexity index is 500. The Labute approximate surface area is 123 Å². The van der Waals surface area contributed by atoms with Crippen LogP contribution in [0.25, 0.3) is 0 Å². The van der Waals surface area contributed by atoms with Gasteiger partial charge < -0.3 is 5.32 Å². The molecular weight excluding hydrogens is 274 g/mol. The second-order valence-electron chi connectivity index (χ2n) is 4.75. The third kappa shape index (κ3) is 4.97. The van der Waals surface area contributed by atoms with Crippen molar-refractivity contribution in [2.45, 2.75) is 25.7 Å². The minimum atomic E-state index is -0.174. The fraction of sp³-hybridized carbons (Fsp3) is 0.357. The number of carbonyl (C=O) groups is 2. The molecule has 0 aromatic heterocycles. The van der Waals surface area contributed by atoms with Gasteiger partial charge in [0.25, 0.3) is 0 Å². The molecule has 1 fully saturated rings. The summed E-state index contributed by atoms with van der Waals surface area (Å²) in [5, 5.41) is 2.65. The highest BCUT2D eigenvalue weighted by Gasteiger charge is 2.29. The SMILES string of the molecule is O=C(CCc1ccccc1)NC(=S)NNC(=O)C1CC1. The second-order valence-corrected chi connectivity index (χ2v) is 5.16. The smallest absolute Gasteiger partial charge is 0.241 e. The van der Waals surface area contributed by atoms with Crippen LogP contribution >= 0.6 is 12.2 Å². The summed E-state index contributed by atoms with van der Waals surface area (Å²) in [7, 11) is 0. The van der Waals surface area contributed by atoms with Crippen LogP contribution in [0.5, 0.6) is 0 Å². The molecule has 0 saturated heterocycles. The lowest BCUT2D eigenvalue weighted by Crippen LogP contribution is -2.48. The summed E-state index contributed by atoms with van der Waals surface area (Å²) < 4.78 is 0. The van der Waals surface area contributed by atoms with E-state index in [9.17, 15) is 9.59 Å². The van der Waals surface area contributed by atoms with Crippen LogP contribution in [0, 0.1) is 5.92 Å². The predicted octanol–water partition coefficient (Wildman–Crippen LogP) is 1.05. The molecule has 5 nitrogen and oxygen atoms in total. The molecule has 0 radical (unpaired) electrons. The predicted molar refractivity (Wildman–Crippen MR) is 79.5 cm³/mol. The fourth-order valence-corrected chi connectivity index (χ4v) is 1.85. The van der Waals surface area contributed by atoms with Crippen molar-refractivity contribution in [3.05, 3.63) is 35.9 Å². The molecule has 0 spiro atoms. The Balaban J connectivity index is 1.63. The summed E-state index contributed by atoms with van der Waals surface area (Å²) in [6.45, 7) is 0. The number of hydrogen-bond acceptors (Lipinski definition) is 3. The molecule has 106 valence electrons. The van der Waals surface area contributed by atoms with Gasteiger partial charge in [0.05, 0.1) is 0 Å². The zero-order valence-electron chi connectivity index (χ0n) is 11.0. The van der Waals surface area contributed by atoms with E-state index < -0.39 is 0 Å². The lowest BCUT2D eigenvalue weighted by atomic mass is 10.1. The van der Waals surface area contributed by atoms with Crippen molar-refractivity contribution in [1.82, 2.24) is 16.2 Å². The molecule has 0 atom stereocenters. The van der Waals surface area contributed by atoms with Crippen molar-refractivity contribution >= 4 is 29.1 Å². The van der Waals surface area contributed by atoms with E-state index in [1.54, 1.807) is 0 Å². The molecule has 2 rings (SSSR count). The Morgan fingerprint density at radius 2 is 1.85 bits per heavy atom. The summed E-state index contributed by atoms with van der Waals surface area (Å²) >= 11 is 4.93. The first kappa shape index (κ1) is 14.5. The van der Waals surface area contributed by atoms with Gasteiger partial charge >= 0.3 is 0 Å². The number of amides is 2. The van der Waals surface area contributed by atoms with Gasteiger partial charge in [0.1, 0.15) is 0 Å². The van der Waals surface area contributed by atoms with Crippen LogP contribution in [0.3, 0.4) is 0 Å². The summed E-state index contributed by atoms with van der Waals surface area (Å²) in [4.78, 5) is 23.0. The highest BCUT2D eigenvalue weighted by molar-refractivity contribution is 7.80. The number of hydrogen-bond donors (Lipinski definition) is 3. The molecule has 1 aromatic carbocycles. The number of thiocarbonyl (C=S) groups is 1. The maximum atomic E-state index is 11.7. The maximum absolute atomic E-state index is 11.7. The lowest BCUT2D eigenvalue weighted by molar-refractivity contribution is -0.123. The van der Waals surface area contributed by atoms with Gasteiger partial charge in [-0.1, -0.05) is 30.3 Å². The number of carbonyl (C=O) groups excluding carboxylic acids is 2. The zero-order valence-corrected chi connectivity index (χ0v) is 11.8. The van der Waals surface area contributed by atoms with Gasteiger partial charge in [-0.2, -0.15) is 0 Å². The van der Waals surface area contributed by atoms with E-state index in [-0.39, 0.29) is 22.8 Å². The first-order chi connectivity index (χ1) is 9.65. The van der Waals surface area contributed by atoms with Crippen molar-refractivity contribution in [2.24, 2.45) is 5.92 Å². The number of benzene rings is 1. The molecule has 6 heteroatoms. The average Bonchev–Trinajstić information content (AvgIpc) is 3.28. The molecule has 0 bridgehead atoms. The fourth-order valence-electron chi connectivity index (χ4n) is 1.69. The first-order valence-corrected chi connectivity index (χ1v) is 6.99.